The summed E-state index contributed by atoms with van der Waals surface area (Å²) in [6.45, 7) is 4.91. The fourth-order valence-electron chi connectivity index (χ4n) is 3.67. The van der Waals surface area contributed by atoms with E-state index in [1.807, 2.05) is 43.3 Å². The lowest BCUT2D eigenvalue weighted by Gasteiger charge is -2.13. The average molecular weight is 361 g/mol. The molecule has 0 fully saturated rings. The minimum Gasteiger partial charge on any atom is -0.366 e. The van der Waals surface area contributed by atoms with Crippen molar-refractivity contribution in [2.24, 2.45) is 5.73 Å². The summed E-state index contributed by atoms with van der Waals surface area (Å²) < 4.78 is 2.25. The molecule has 2 N–H and O–H groups in total. The van der Waals surface area contributed by atoms with Crippen molar-refractivity contribution in [1.29, 1.82) is 0 Å². The minimum absolute atomic E-state index is 0.392. The molecule has 0 atom stereocenters. The molecule has 0 aliphatic heterocycles. The number of nitrogens with two attached hydrogens (primary N) is 1. The molecule has 0 saturated heterocycles. The molecule has 0 unspecified atom stereocenters. The fraction of sp³-hybridized carbons (Fsp3) is 0.304. The van der Waals surface area contributed by atoms with Gasteiger partial charge in [0, 0.05) is 29.7 Å². The molecule has 1 aromatic carbocycles. The number of pyridine rings is 1. The molecule has 0 spiro atoms. The highest BCUT2D eigenvalue weighted by Crippen LogP contribution is 2.33. The van der Waals surface area contributed by atoms with Gasteiger partial charge in [-0.25, -0.2) is 0 Å². The Morgan fingerprint density at radius 3 is 2.44 bits per heavy atom. The van der Waals surface area contributed by atoms with Crippen LogP contribution < -0.4 is 5.73 Å². The first-order valence-electron chi connectivity index (χ1n) is 9.60. The van der Waals surface area contributed by atoms with Crippen molar-refractivity contribution in [1.82, 2.24) is 9.55 Å². The minimum atomic E-state index is -0.392. The summed E-state index contributed by atoms with van der Waals surface area (Å²) in [7, 11) is 0. The zero-order valence-electron chi connectivity index (χ0n) is 16.1. The Balaban J connectivity index is 2.17. The molecule has 0 aliphatic carbocycles. The number of unbranched alkanes of at least 4 members (excludes halogenated alkanes) is 2. The Bertz CT molecular complexity index is 898. The van der Waals surface area contributed by atoms with Crippen molar-refractivity contribution in [2.45, 2.75) is 46.1 Å². The number of nitrogens with zero attached hydrogens (tertiary/aromatic N) is 2. The summed E-state index contributed by atoms with van der Waals surface area (Å²) in [6.07, 6.45) is 6.05. The summed E-state index contributed by atoms with van der Waals surface area (Å²) in [5.74, 6) is -0.392. The molecule has 4 nitrogen and oxygen atoms in total. The standard InChI is InChI=1S/C23H27N3O/c1-3-4-6-14-20-22(19-13-9-10-15-25-19)21(23(24)27)17(2)26(20)16-18-11-7-5-8-12-18/h5,7-13,15H,3-4,6,14,16H2,1-2H3,(H2,24,27). The van der Waals surface area contributed by atoms with Crippen LogP contribution in [-0.4, -0.2) is 15.5 Å². The smallest absolute Gasteiger partial charge is 0.251 e. The van der Waals surface area contributed by atoms with Gasteiger partial charge >= 0.3 is 0 Å². The first-order chi connectivity index (χ1) is 13.1. The van der Waals surface area contributed by atoms with E-state index in [9.17, 15) is 4.79 Å². The summed E-state index contributed by atoms with van der Waals surface area (Å²) >= 11 is 0. The zero-order valence-corrected chi connectivity index (χ0v) is 16.1. The molecule has 0 saturated carbocycles. The van der Waals surface area contributed by atoms with Crippen LogP contribution in [0.1, 0.15) is 53.5 Å². The van der Waals surface area contributed by atoms with Crippen molar-refractivity contribution in [3.8, 4) is 11.3 Å². The SMILES string of the molecule is CCCCCc1c(-c2ccccn2)c(C(N)=O)c(C)n1Cc1ccccc1. The van der Waals surface area contributed by atoms with Gasteiger partial charge in [-0.15, -0.1) is 0 Å². The lowest BCUT2D eigenvalue weighted by Crippen LogP contribution is -2.13. The van der Waals surface area contributed by atoms with E-state index in [0.717, 1.165) is 54.9 Å². The largest absolute Gasteiger partial charge is 0.366 e. The highest BCUT2D eigenvalue weighted by atomic mass is 16.1. The van der Waals surface area contributed by atoms with E-state index >= 15 is 0 Å². The van der Waals surface area contributed by atoms with Gasteiger partial charge < -0.3 is 10.3 Å². The summed E-state index contributed by atoms with van der Waals surface area (Å²) in [5, 5.41) is 0. The van der Waals surface area contributed by atoms with E-state index in [1.165, 1.54) is 5.56 Å². The van der Waals surface area contributed by atoms with Crippen LogP contribution >= 0.6 is 0 Å². The number of primary amides is 1. The zero-order chi connectivity index (χ0) is 19.2. The normalized spacial score (nSPS) is 10.9. The van der Waals surface area contributed by atoms with Crippen LogP contribution in [0.3, 0.4) is 0 Å². The third kappa shape index (κ3) is 4.11. The van der Waals surface area contributed by atoms with Crippen molar-refractivity contribution in [3.63, 3.8) is 0 Å². The van der Waals surface area contributed by atoms with Gasteiger partial charge in [0.25, 0.3) is 5.91 Å². The number of amides is 1. The first kappa shape index (κ1) is 18.9. The van der Waals surface area contributed by atoms with E-state index < -0.39 is 5.91 Å². The average Bonchev–Trinajstić information content (AvgIpc) is 2.96. The molecule has 0 radical (unpaired) electrons. The molecular formula is C23H27N3O. The number of benzene rings is 1. The van der Waals surface area contributed by atoms with E-state index in [-0.39, 0.29) is 0 Å². The molecule has 140 valence electrons. The van der Waals surface area contributed by atoms with Gasteiger partial charge in [-0.05, 0) is 37.5 Å². The molecule has 1 amide bonds. The van der Waals surface area contributed by atoms with Crippen LogP contribution in [0.25, 0.3) is 11.3 Å². The van der Waals surface area contributed by atoms with Crippen molar-refractivity contribution in [3.05, 3.63) is 77.2 Å². The molecule has 0 aliphatic rings. The lowest BCUT2D eigenvalue weighted by atomic mass is 10.0. The van der Waals surface area contributed by atoms with E-state index in [2.05, 4.69) is 28.6 Å². The highest BCUT2D eigenvalue weighted by molar-refractivity contribution is 6.01. The van der Waals surface area contributed by atoms with Crippen LogP contribution in [-0.2, 0) is 13.0 Å². The Labute approximate surface area is 161 Å². The second kappa shape index (κ2) is 8.67. The lowest BCUT2D eigenvalue weighted by molar-refractivity contribution is 0.1000. The number of carbonyl (C=O) groups is 1. The molecular weight excluding hydrogens is 334 g/mol. The van der Waals surface area contributed by atoms with Gasteiger partial charge in [-0.3, -0.25) is 9.78 Å². The van der Waals surface area contributed by atoms with Gasteiger partial charge in [-0.1, -0.05) is 56.2 Å². The maximum atomic E-state index is 12.3. The Hall–Kier alpha value is -2.88. The van der Waals surface area contributed by atoms with Gasteiger partial charge in [-0.2, -0.15) is 0 Å². The van der Waals surface area contributed by atoms with Crippen LogP contribution in [0.15, 0.2) is 54.7 Å². The third-order valence-corrected chi connectivity index (χ3v) is 5.00. The number of rotatable bonds is 8. The Morgan fingerprint density at radius 1 is 1.07 bits per heavy atom. The molecule has 2 aromatic heterocycles. The third-order valence-electron chi connectivity index (χ3n) is 5.00. The molecule has 3 aromatic rings. The highest BCUT2D eigenvalue weighted by Gasteiger charge is 2.25. The van der Waals surface area contributed by atoms with Crippen molar-refractivity contribution >= 4 is 5.91 Å². The van der Waals surface area contributed by atoms with Crippen LogP contribution in [0.5, 0.6) is 0 Å². The Morgan fingerprint density at radius 2 is 1.81 bits per heavy atom. The summed E-state index contributed by atoms with van der Waals surface area (Å²) in [4.78, 5) is 16.9. The second-order valence-corrected chi connectivity index (χ2v) is 6.89. The predicted octanol–water partition coefficient (Wildman–Crippen LogP) is 4.74. The van der Waals surface area contributed by atoms with Crippen LogP contribution in [0, 0.1) is 6.92 Å². The number of hydrogen-bond donors (Lipinski definition) is 1. The molecule has 27 heavy (non-hydrogen) atoms. The molecule has 3 rings (SSSR count). The molecule has 0 bridgehead atoms. The van der Waals surface area contributed by atoms with Gasteiger partial charge in [0.05, 0.1) is 11.3 Å². The second-order valence-electron chi connectivity index (χ2n) is 6.89. The van der Waals surface area contributed by atoms with Crippen LogP contribution in [0.2, 0.25) is 0 Å². The number of carbonyl (C=O) groups excluding carboxylic acids is 1. The van der Waals surface area contributed by atoms with Crippen molar-refractivity contribution in [2.75, 3.05) is 0 Å². The monoisotopic (exact) mass is 361 g/mol. The molecule has 4 heteroatoms. The van der Waals surface area contributed by atoms with Gasteiger partial charge in [0.1, 0.15) is 0 Å². The van der Waals surface area contributed by atoms with Crippen LogP contribution in [0.4, 0.5) is 0 Å². The van der Waals surface area contributed by atoms with Gasteiger partial charge in [0.2, 0.25) is 0 Å². The topological polar surface area (TPSA) is 60.9 Å². The maximum absolute atomic E-state index is 12.3. The number of aromatic nitrogens is 2. The fourth-order valence-corrected chi connectivity index (χ4v) is 3.67. The quantitative estimate of drug-likeness (QED) is 0.589. The molecule has 2 heterocycles. The predicted molar refractivity (Wildman–Crippen MR) is 110 cm³/mol. The van der Waals surface area contributed by atoms with Crippen molar-refractivity contribution < 1.29 is 4.79 Å². The maximum Gasteiger partial charge on any atom is 0.251 e. The van der Waals surface area contributed by atoms with E-state index in [0.29, 0.717) is 5.56 Å². The summed E-state index contributed by atoms with van der Waals surface area (Å²) in [6, 6.07) is 16.1. The Kier molecular flexibility index (Phi) is 6.07. The first-order valence-corrected chi connectivity index (χ1v) is 9.60. The summed E-state index contributed by atoms with van der Waals surface area (Å²) in [5.41, 5.74) is 11.4. The number of hydrogen-bond acceptors (Lipinski definition) is 2. The van der Waals surface area contributed by atoms with E-state index in [1.54, 1.807) is 6.20 Å². The van der Waals surface area contributed by atoms with E-state index in [4.69, 9.17) is 5.73 Å². The van der Waals surface area contributed by atoms with Gasteiger partial charge in [0.15, 0.2) is 0 Å².